The molecular formula is C7H10BrFN2S. The van der Waals surface area contributed by atoms with Crippen LogP contribution in [0.5, 0.6) is 0 Å². The largest absolute Gasteiger partial charge is 0.401 e. The van der Waals surface area contributed by atoms with Crippen LogP contribution in [0.15, 0.2) is 14.6 Å². The molecule has 0 bridgehead atoms. The Morgan fingerprint density at radius 3 is 2.67 bits per heavy atom. The monoisotopic (exact) mass is 252 g/mol. The van der Waals surface area contributed by atoms with Crippen LogP contribution < -0.4 is 5.73 Å². The van der Waals surface area contributed by atoms with Gasteiger partial charge < -0.3 is 5.73 Å². The molecule has 0 aromatic carbocycles. The van der Waals surface area contributed by atoms with E-state index in [4.69, 9.17) is 5.73 Å². The van der Waals surface area contributed by atoms with E-state index in [0.29, 0.717) is 11.6 Å². The van der Waals surface area contributed by atoms with Crippen molar-refractivity contribution in [2.24, 2.45) is 16.0 Å². The molecule has 12 heavy (non-hydrogen) atoms. The lowest BCUT2D eigenvalue weighted by atomic mass is 10.2. The summed E-state index contributed by atoms with van der Waals surface area (Å²) in [5, 5.41) is 0. The number of nitrogens with zero attached hydrogens (tertiary/aromatic N) is 1. The summed E-state index contributed by atoms with van der Waals surface area (Å²) in [7, 11) is 0. The molecule has 0 spiro atoms. The van der Waals surface area contributed by atoms with Crippen LogP contribution in [0.2, 0.25) is 0 Å². The summed E-state index contributed by atoms with van der Waals surface area (Å²) in [6, 6.07) is 0. The molecule has 0 saturated heterocycles. The highest BCUT2D eigenvalue weighted by atomic mass is 79.9. The molecule has 2 nitrogen and oxygen atoms in total. The zero-order valence-corrected chi connectivity index (χ0v) is 9.08. The van der Waals surface area contributed by atoms with Crippen molar-refractivity contribution in [3.63, 3.8) is 0 Å². The first-order valence-corrected chi connectivity index (χ1v) is 5.11. The highest BCUT2D eigenvalue weighted by molar-refractivity contribution is 9.12. The van der Waals surface area contributed by atoms with Crippen LogP contribution in [0.25, 0.3) is 0 Å². The smallest absolute Gasteiger partial charge is 0.186 e. The van der Waals surface area contributed by atoms with E-state index < -0.39 is 0 Å². The Hall–Kier alpha value is -0.0300. The number of halogens is 2. The molecule has 0 heterocycles. The van der Waals surface area contributed by atoms with Gasteiger partial charge in [0.05, 0.1) is 10.2 Å². The molecule has 1 rings (SSSR count). The zero-order chi connectivity index (χ0) is 9.14. The van der Waals surface area contributed by atoms with Gasteiger partial charge in [-0.05, 0) is 41.6 Å². The van der Waals surface area contributed by atoms with Crippen LogP contribution in [-0.2, 0) is 0 Å². The number of hydrogen-bond donors (Lipinski definition) is 1. The third-order valence-corrected chi connectivity index (χ3v) is 3.13. The van der Waals surface area contributed by atoms with Crippen LogP contribution >= 0.6 is 28.3 Å². The van der Waals surface area contributed by atoms with E-state index in [1.807, 2.05) is 0 Å². The first-order chi connectivity index (χ1) is 5.66. The summed E-state index contributed by atoms with van der Waals surface area (Å²) in [5.41, 5.74) is 7.17. The Morgan fingerprint density at radius 1 is 1.67 bits per heavy atom. The van der Waals surface area contributed by atoms with E-state index in [2.05, 4.69) is 20.3 Å². The lowest BCUT2D eigenvalue weighted by Crippen LogP contribution is -2.06. The molecule has 2 N–H and O–H groups in total. The van der Waals surface area contributed by atoms with Gasteiger partial charge in [0.1, 0.15) is 0 Å². The Labute approximate surface area is 84.1 Å². The Morgan fingerprint density at radius 2 is 2.25 bits per heavy atom. The predicted octanol–water partition coefficient (Wildman–Crippen LogP) is 2.96. The van der Waals surface area contributed by atoms with E-state index >= 15 is 0 Å². The summed E-state index contributed by atoms with van der Waals surface area (Å²) in [4.78, 5) is 0. The highest BCUT2D eigenvalue weighted by Gasteiger charge is 2.26. The molecule has 1 fully saturated rings. The van der Waals surface area contributed by atoms with Crippen LogP contribution in [0.4, 0.5) is 3.89 Å². The SMILES string of the molecule is CC(=NSF)C(Br)=C(N)C1CC1. The maximum atomic E-state index is 11.7. The fraction of sp³-hybridized carbons (Fsp3) is 0.571. The van der Waals surface area contributed by atoms with Crippen molar-refractivity contribution in [1.82, 2.24) is 0 Å². The lowest BCUT2D eigenvalue weighted by molar-refractivity contribution is 0.938. The number of nitrogens with two attached hydrogens (primary N) is 1. The van der Waals surface area contributed by atoms with Gasteiger partial charge in [0, 0.05) is 5.70 Å². The quantitative estimate of drug-likeness (QED) is 0.620. The zero-order valence-electron chi connectivity index (χ0n) is 6.68. The minimum atomic E-state index is -0.0442. The van der Waals surface area contributed by atoms with Crippen LogP contribution in [0, 0.1) is 5.92 Å². The Balaban J connectivity index is 2.71. The average molecular weight is 253 g/mol. The summed E-state index contributed by atoms with van der Waals surface area (Å²) in [6.45, 7) is 1.73. The van der Waals surface area contributed by atoms with Crippen LogP contribution in [-0.4, -0.2) is 5.71 Å². The molecule has 0 aliphatic heterocycles. The topological polar surface area (TPSA) is 38.4 Å². The van der Waals surface area contributed by atoms with Gasteiger partial charge in [-0.15, -0.1) is 3.89 Å². The van der Waals surface area contributed by atoms with Gasteiger partial charge in [0.25, 0.3) is 0 Å². The lowest BCUT2D eigenvalue weighted by Gasteiger charge is -2.02. The first-order valence-electron chi connectivity index (χ1n) is 3.64. The van der Waals surface area contributed by atoms with Gasteiger partial charge in [-0.3, -0.25) is 0 Å². The second kappa shape index (κ2) is 4.28. The van der Waals surface area contributed by atoms with Gasteiger partial charge in [-0.1, -0.05) is 0 Å². The average Bonchev–Trinajstić information content (AvgIpc) is 2.84. The van der Waals surface area contributed by atoms with Crippen molar-refractivity contribution in [3.8, 4) is 0 Å². The van der Waals surface area contributed by atoms with Crippen LogP contribution in [0.1, 0.15) is 19.8 Å². The number of hydrogen-bond acceptors (Lipinski definition) is 3. The van der Waals surface area contributed by atoms with Crippen LogP contribution in [0.3, 0.4) is 0 Å². The summed E-state index contributed by atoms with van der Waals surface area (Å²) < 4.78 is 16.0. The fourth-order valence-corrected chi connectivity index (χ4v) is 1.60. The van der Waals surface area contributed by atoms with Crippen molar-refractivity contribution < 1.29 is 3.89 Å². The van der Waals surface area contributed by atoms with E-state index in [1.54, 1.807) is 6.92 Å². The van der Waals surface area contributed by atoms with Gasteiger partial charge in [-0.25, -0.2) is 0 Å². The van der Waals surface area contributed by atoms with E-state index in [9.17, 15) is 3.89 Å². The maximum Gasteiger partial charge on any atom is 0.186 e. The van der Waals surface area contributed by atoms with Gasteiger partial charge >= 0.3 is 0 Å². The Bertz CT molecular complexity index is 236. The molecule has 1 aliphatic carbocycles. The Kier molecular flexibility index (Phi) is 3.58. The highest BCUT2D eigenvalue weighted by Crippen LogP contribution is 2.36. The van der Waals surface area contributed by atoms with Gasteiger partial charge in [0.2, 0.25) is 0 Å². The van der Waals surface area contributed by atoms with Crippen molar-refractivity contribution in [3.05, 3.63) is 10.2 Å². The summed E-state index contributed by atoms with van der Waals surface area (Å²) >= 11 is 3.25. The minimum absolute atomic E-state index is 0.0442. The van der Waals surface area contributed by atoms with Crippen molar-refractivity contribution in [1.29, 1.82) is 0 Å². The van der Waals surface area contributed by atoms with Gasteiger partial charge in [0.15, 0.2) is 12.3 Å². The second-order valence-corrected chi connectivity index (χ2v) is 3.90. The molecule has 0 aromatic rings. The molecule has 0 amide bonds. The maximum absolute atomic E-state index is 11.7. The molecule has 0 unspecified atom stereocenters. The minimum Gasteiger partial charge on any atom is -0.401 e. The van der Waals surface area contributed by atoms with Crippen molar-refractivity contribution in [2.45, 2.75) is 19.8 Å². The molecule has 1 aliphatic rings. The molecule has 0 atom stereocenters. The number of rotatable bonds is 3. The molecule has 1 saturated carbocycles. The molecule has 0 aromatic heterocycles. The van der Waals surface area contributed by atoms with E-state index in [1.165, 1.54) is 0 Å². The number of allylic oxidation sites excluding steroid dienone is 2. The van der Waals surface area contributed by atoms with Crippen molar-refractivity contribution >= 4 is 34.0 Å². The first kappa shape index (κ1) is 10.1. The summed E-state index contributed by atoms with van der Waals surface area (Å²) in [5.74, 6) is 0.481. The predicted molar refractivity (Wildman–Crippen MR) is 54.7 cm³/mol. The third kappa shape index (κ3) is 2.48. The van der Waals surface area contributed by atoms with Crippen molar-refractivity contribution in [2.75, 3.05) is 0 Å². The summed E-state index contributed by atoms with van der Waals surface area (Å²) in [6.07, 6.45) is 2.27. The third-order valence-electron chi connectivity index (χ3n) is 1.76. The molecular weight excluding hydrogens is 243 g/mol. The molecule has 0 radical (unpaired) electrons. The fourth-order valence-electron chi connectivity index (χ4n) is 0.874. The standard InChI is InChI=1S/C7H10BrFN2S/c1-4(11-12-9)6(8)7(10)5-2-3-5/h5H,2-3,10H2,1H3. The second-order valence-electron chi connectivity index (χ2n) is 2.79. The van der Waals surface area contributed by atoms with E-state index in [-0.39, 0.29) is 12.3 Å². The molecule has 68 valence electrons. The molecule has 5 heteroatoms. The van der Waals surface area contributed by atoms with Gasteiger partial charge in [-0.2, -0.15) is 4.40 Å². The normalized spacial score (nSPS) is 20.8. The van der Waals surface area contributed by atoms with E-state index in [0.717, 1.165) is 23.0 Å².